The first-order valence-corrected chi connectivity index (χ1v) is 11.3. The summed E-state index contributed by atoms with van der Waals surface area (Å²) in [7, 11) is 0. The van der Waals surface area contributed by atoms with Crippen molar-refractivity contribution in [1.82, 2.24) is 29.3 Å². The quantitative estimate of drug-likeness (QED) is 0.286. The van der Waals surface area contributed by atoms with Crippen LogP contribution >= 0.6 is 11.3 Å². The predicted molar refractivity (Wildman–Crippen MR) is 130 cm³/mol. The summed E-state index contributed by atoms with van der Waals surface area (Å²) in [6, 6.07) is 5.49. The van der Waals surface area contributed by atoms with Gasteiger partial charge in [-0.2, -0.15) is 0 Å². The van der Waals surface area contributed by atoms with Gasteiger partial charge in [0.1, 0.15) is 17.7 Å². The number of carboxylic acids is 1. The number of nitrogens with two attached hydrogens (primary N) is 1. The summed E-state index contributed by atoms with van der Waals surface area (Å²) in [5.41, 5.74) is 7.97. The van der Waals surface area contributed by atoms with Crippen molar-refractivity contribution in [1.29, 1.82) is 0 Å². The van der Waals surface area contributed by atoms with Crippen LogP contribution in [0.25, 0.3) is 27.3 Å². The average molecular weight is 497 g/mol. The maximum atomic E-state index is 13.5. The third-order valence-corrected chi connectivity index (χ3v) is 6.01. The molecule has 0 aliphatic rings. The van der Waals surface area contributed by atoms with Crippen molar-refractivity contribution in [2.75, 3.05) is 11.9 Å². The fourth-order valence-electron chi connectivity index (χ4n) is 3.45. The van der Waals surface area contributed by atoms with Crippen LogP contribution in [-0.2, 0) is 4.79 Å². The molecule has 0 fully saturated rings. The summed E-state index contributed by atoms with van der Waals surface area (Å²) in [4.78, 5) is 43.6. The van der Waals surface area contributed by atoms with E-state index in [9.17, 15) is 14.0 Å². The van der Waals surface area contributed by atoms with Crippen LogP contribution in [0.2, 0.25) is 0 Å². The molecule has 11 nitrogen and oxygen atoms in total. The Morgan fingerprint density at radius 2 is 2.00 bits per heavy atom. The highest BCUT2D eigenvalue weighted by Crippen LogP contribution is 2.29. The van der Waals surface area contributed by atoms with Crippen molar-refractivity contribution in [2.24, 2.45) is 5.73 Å². The molecule has 0 spiro atoms. The third kappa shape index (κ3) is 4.85. The number of aliphatic carboxylic acids is 1. The van der Waals surface area contributed by atoms with E-state index in [0.717, 1.165) is 5.69 Å². The molecule has 13 heteroatoms. The van der Waals surface area contributed by atoms with Crippen LogP contribution in [0.3, 0.4) is 0 Å². The van der Waals surface area contributed by atoms with Gasteiger partial charge in [-0.15, -0.1) is 11.3 Å². The lowest BCUT2D eigenvalue weighted by molar-refractivity contribution is -0.135. The van der Waals surface area contributed by atoms with Gasteiger partial charge >= 0.3 is 5.97 Å². The fraction of sp³-hybridized carbons (Fsp3) is 0.182. The van der Waals surface area contributed by atoms with Crippen LogP contribution in [0.5, 0.6) is 0 Å². The maximum Gasteiger partial charge on any atom is 0.317 e. The first-order valence-electron chi connectivity index (χ1n) is 10.4. The number of imidazole rings is 1. The lowest BCUT2D eigenvalue weighted by Gasteiger charge is -2.18. The lowest BCUT2D eigenvalue weighted by atomic mass is 10.0. The molecular formula is C22H21FN8O3S. The number of halogens is 1. The summed E-state index contributed by atoms with van der Waals surface area (Å²) < 4.78 is 15.1. The van der Waals surface area contributed by atoms with Crippen LogP contribution in [-0.4, -0.2) is 46.9 Å². The number of aromatic nitrogens is 6. The fourth-order valence-corrected chi connectivity index (χ4v) is 4.31. The van der Waals surface area contributed by atoms with Gasteiger partial charge in [-0.05, 0) is 31.5 Å². The number of fused-ring (bicyclic) bond motifs is 2. The number of carboxylic acid groups (broad SMARTS) is 1. The number of benzene rings is 1. The topological polar surface area (TPSA) is 164 Å². The predicted octanol–water partition coefficient (Wildman–Crippen LogP) is 2.74. The molecule has 180 valence electrons. The second-order valence-corrected chi connectivity index (χ2v) is 8.30. The van der Waals surface area contributed by atoms with Gasteiger partial charge < -0.3 is 21.1 Å². The zero-order valence-corrected chi connectivity index (χ0v) is 19.5. The van der Waals surface area contributed by atoms with Crippen LogP contribution in [0.4, 0.5) is 10.2 Å². The number of hydrogen-bond donors (Lipinski definition) is 4. The summed E-state index contributed by atoms with van der Waals surface area (Å²) in [6.07, 6.45) is 2.97. The smallest absolute Gasteiger partial charge is 0.317 e. The number of H-pyrrole nitrogens is 1. The number of hydrogen-bond acceptors (Lipinski definition) is 9. The molecule has 5 N–H and O–H groups in total. The summed E-state index contributed by atoms with van der Waals surface area (Å²) in [5.74, 6) is -0.778. The molecule has 0 aliphatic heterocycles. The summed E-state index contributed by atoms with van der Waals surface area (Å²) in [6.45, 7) is 3.48. The van der Waals surface area contributed by atoms with Crippen molar-refractivity contribution in [3.63, 3.8) is 0 Å². The van der Waals surface area contributed by atoms with Crippen molar-refractivity contribution in [3.8, 4) is 11.1 Å². The van der Waals surface area contributed by atoms with Crippen molar-refractivity contribution in [2.45, 2.75) is 19.9 Å². The third-order valence-electron chi connectivity index (χ3n) is 5.06. The van der Waals surface area contributed by atoms with E-state index in [1.807, 2.05) is 19.2 Å². The van der Waals surface area contributed by atoms with Gasteiger partial charge in [0.05, 0.1) is 30.2 Å². The standard InChI is InChI=1S/C20H16FN7OS.C2H5NO2/c1-10-7-30-20-27-15(11(2)26-18-16-17(23-8-22-16)24-9-25-18)14(19(29)28(10)20)12-3-5-13(21)6-4-12;3-1-2(4)5/h3-9,11H,1-2H3,(H2,22,23,24,25,26);1,3H2,(H,4,5). The Morgan fingerprint density at radius 3 is 2.69 bits per heavy atom. The summed E-state index contributed by atoms with van der Waals surface area (Å²) in [5, 5.41) is 12.8. The van der Waals surface area contributed by atoms with Crippen LogP contribution in [0.1, 0.15) is 24.4 Å². The largest absolute Gasteiger partial charge is 0.480 e. The number of anilines is 1. The van der Waals surface area contributed by atoms with E-state index in [4.69, 9.17) is 10.1 Å². The normalized spacial score (nSPS) is 11.8. The Balaban J connectivity index is 0.000000527. The van der Waals surface area contributed by atoms with Gasteiger partial charge in [-0.3, -0.25) is 14.0 Å². The Hall–Kier alpha value is -4.23. The number of aromatic amines is 1. The molecule has 1 atom stereocenters. The highest BCUT2D eigenvalue weighted by Gasteiger charge is 2.22. The Bertz CT molecular complexity index is 1560. The lowest BCUT2D eigenvalue weighted by Crippen LogP contribution is -2.23. The number of nitrogens with zero attached hydrogens (tertiary/aromatic N) is 5. The van der Waals surface area contributed by atoms with E-state index < -0.39 is 5.97 Å². The molecule has 1 aromatic carbocycles. The molecular weight excluding hydrogens is 475 g/mol. The van der Waals surface area contributed by atoms with Crippen LogP contribution in [0.15, 0.2) is 47.1 Å². The van der Waals surface area contributed by atoms with Crippen molar-refractivity contribution < 1.29 is 14.3 Å². The monoisotopic (exact) mass is 496 g/mol. The van der Waals surface area contributed by atoms with Crippen LogP contribution in [0, 0.1) is 12.7 Å². The first kappa shape index (κ1) is 23.9. The first-order chi connectivity index (χ1) is 16.8. The molecule has 0 aliphatic carbocycles. The number of thiazole rings is 1. The average Bonchev–Trinajstić information content (AvgIpc) is 3.47. The number of nitrogens with one attached hydrogen (secondary N) is 2. The molecule has 5 aromatic rings. The highest BCUT2D eigenvalue weighted by molar-refractivity contribution is 7.15. The summed E-state index contributed by atoms with van der Waals surface area (Å²) >= 11 is 1.40. The van der Waals surface area contributed by atoms with E-state index in [-0.39, 0.29) is 24.0 Å². The highest BCUT2D eigenvalue weighted by atomic mass is 32.1. The minimum absolute atomic E-state index is 0.191. The molecule has 1 unspecified atom stereocenters. The van der Waals surface area contributed by atoms with Gasteiger partial charge in [0.25, 0.3) is 5.56 Å². The maximum absolute atomic E-state index is 13.5. The van der Waals surface area contributed by atoms with Crippen molar-refractivity contribution in [3.05, 3.63) is 69.9 Å². The molecule has 5 rings (SSSR count). The molecule has 0 saturated carbocycles. The van der Waals surface area contributed by atoms with E-state index in [1.165, 1.54) is 29.8 Å². The van der Waals surface area contributed by atoms with Crippen molar-refractivity contribution >= 4 is 39.2 Å². The Morgan fingerprint density at radius 1 is 1.29 bits per heavy atom. The molecule has 0 bridgehead atoms. The molecule has 0 amide bonds. The van der Waals surface area contributed by atoms with Crippen LogP contribution < -0.4 is 16.6 Å². The molecule has 0 saturated heterocycles. The van der Waals surface area contributed by atoms with Gasteiger partial charge in [-0.1, -0.05) is 12.1 Å². The van der Waals surface area contributed by atoms with E-state index in [0.29, 0.717) is 38.8 Å². The zero-order valence-electron chi connectivity index (χ0n) is 18.7. The van der Waals surface area contributed by atoms with Gasteiger partial charge in [0.2, 0.25) is 0 Å². The SMILES string of the molecule is Cc1csc2nc(C(C)Nc3ncnc4nc[nH]c34)c(-c3ccc(F)cc3)c(=O)n12.NCC(=O)O. The molecule has 4 heterocycles. The molecule has 4 aromatic heterocycles. The van der Waals surface area contributed by atoms with Gasteiger partial charge in [0, 0.05) is 11.1 Å². The molecule has 35 heavy (non-hydrogen) atoms. The van der Waals surface area contributed by atoms with Gasteiger partial charge in [-0.25, -0.2) is 24.3 Å². The minimum atomic E-state index is -0.968. The van der Waals surface area contributed by atoms with E-state index in [1.54, 1.807) is 22.9 Å². The number of rotatable bonds is 5. The number of aryl methyl sites for hydroxylation is 1. The molecule has 0 radical (unpaired) electrons. The minimum Gasteiger partial charge on any atom is -0.480 e. The van der Waals surface area contributed by atoms with E-state index in [2.05, 4.69) is 31.0 Å². The zero-order chi connectivity index (χ0) is 25.1. The second kappa shape index (κ2) is 9.95. The van der Waals surface area contributed by atoms with Gasteiger partial charge in [0.15, 0.2) is 16.4 Å². The Kier molecular flexibility index (Phi) is 6.80. The second-order valence-electron chi connectivity index (χ2n) is 7.47. The Labute approximate surface area is 201 Å². The number of carbonyl (C=O) groups is 1. The van der Waals surface area contributed by atoms with E-state index >= 15 is 0 Å².